The van der Waals surface area contributed by atoms with E-state index in [0.29, 0.717) is 10.6 Å². The summed E-state index contributed by atoms with van der Waals surface area (Å²) < 4.78 is 48.8. The average Bonchev–Trinajstić information content (AvgIpc) is 2.86. The summed E-state index contributed by atoms with van der Waals surface area (Å²) in [7, 11) is 0. The molecule has 1 aliphatic carbocycles. The Morgan fingerprint density at radius 2 is 1.93 bits per heavy atom. The number of amides is 1. The van der Waals surface area contributed by atoms with Crippen LogP contribution in [-0.4, -0.2) is 25.1 Å². The van der Waals surface area contributed by atoms with Crippen molar-refractivity contribution in [1.82, 2.24) is 0 Å². The topological polar surface area (TPSA) is 64.6 Å². The maximum Gasteiger partial charge on any atom is 0.416 e. The van der Waals surface area contributed by atoms with Gasteiger partial charge in [-0.25, -0.2) is 4.79 Å². The molecule has 1 aliphatic rings. The first-order valence-electron chi connectivity index (χ1n) is 9.71. The Morgan fingerprint density at radius 3 is 2.67 bits per heavy atom. The van der Waals surface area contributed by atoms with Crippen LogP contribution in [0.5, 0.6) is 5.75 Å². The smallest absolute Gasteiger partial charge is 0.416 e. The van der Waals surface area contributed by atoms with E-state index in [1.165, 1.54) is 23.5 Å². The lowest BCUT2D eigenvalue weighted by atomic mass is 10.1. The number of fused-ring (bicyclic) bond motifs is 1. The molecule has 0 atom stereocenters. The summed E-state index contributed by atoms with van der Waals surface area (Å²) in [6, 6.07) is 4.33. The Morgan fingerprint density at radius 1 is 1.17 bits per heavy atom. The Labute approximate surface area is 176 Å². The second-order valence-electron chi connectivity index (χ2n) is 6.85. The molecule has 0 bridgehead atoms. The summed E-state index contributed by atoms with van der Waals surface area (Å²) in [5.41, 5.74) is 0.447. The van der Waals surface area contributed by atoms with Gasteiger partial charge in [-0.05, 0) is 56.4 Å². The Balaban J connectivity index is 1.73. The Bertz CT molecular complexity index is 923. The molecule has 162 valence electrons. The number of carbonyl (C=O) groups excluding carboxylic acids is 2. The van der Waals surface area contributed by atoms with Gasteiger partial charge in [0.25, 0.3) is 5.91 Å². The van der Waals surface area contributed by atoms with E-state index in [1.807, 2.05) is 0 Å². The maximum absolute atomic E-state index is 12.8. The Hall–Kier alpha value is -2.55. The largest absolute Gasteiger partial charge is 0.484 e. The molecular weight excluding hydrogens is 419 g/mol. The molecule has 1 amide bonds. The zero-order valence-corrected chi connectivity index (χ0v) is 17.3. The van der Waals surface area contributed by atoms with Crippen LogP contribution in [0.4, 0.5) is 18.2 Å². The monoisotopic (exact) mass is 441 g/mol. The molecule has 30 heavy (non-hydrogen) atoms. The van der Waals surface area contributed by atoms with Crippen molar-refractivity contribution in [3.05, 3.63) is 45.8 Å². The lowest BCUT2D eigenvalue weighted by Gasteiger charge is -2.11. The summed E-state index contributed by atoms with van der Waals surface area (Å²) in [5, 5.41) is 3.08. The van der Waals surface area contributed by atoms with Crippen LogP contribution < -0.4 is 10.1 Å². The highest BCUT2D eigenvalue weighted by atomic mass is 32.1. The summed E-state index contributed by atoms with van der Waals surface area (Å²) in [6.07, 6.45) is 0.144. The maximum atomic E-state index is 12.8. The zero-order valence-electron chi connectivity index (χ0n) is 16.4. The third-order valence-electron chi connectivity index (χ3n) is 4.69. The van der Waals surface area contributed by atoms with Gasteiger partial charge in [0.05, 0.1) is 17.7 Å². The van der Waals surface area contributed by atoms with Crippen LogP contribution in [0, 0.1) is 0 Å². The summed E-state index contributed by atoms with van der Waals surface area (Å²) in [5.74, 6) is -1.10. The van der Waals surface area contributed by atoms with E-state index >= 15 is 0 Å². The number of ether oxygens (including phenoxy) is 2. The number of anilines is 1. The van der Waals surface area contributed by atoms with Crippen LogP contribution in [-0.2, 0) is 28.5 Å². The standard InChI is InChI=1S/C21H22F3NO4S/c1-2-28-20(27)18-15-9-4-3-5-10-16(15)30-19(18)25-17(26)12-29-14-8-6-7-13(11-14)21(22,23)24/h6-8,11H,2-5,9-10,12H2,1H3,(H,25,26). The van der Waals surface area contributed by atoms with Crippen LogP contribution in [0.3, 0.4) is 0 Å². The molecule has 1 aromatic carbocycles. The number of thiophene rings is 1. The molecule has 1 aromatic heterocycles. The highest BCUT2D eigenvalue weighted by molar-refractivity contribution is 7.17. The second kappa shape index (κ2) is 9.51. The summed E-state index contributed by atoms with van der Waals surface area (Å²) in [4.78, 5) is 25.9. The SMILES string of the molecule is CCOC(=O)c1c(NC(=O)COc2cccc(C(F)(F)F)c2)sc2c1CCCCC2. The first-order valence-corrected chi connectivity index (χ1v) is 10.5. The number of benzene rings is 1. The molecule has 0 unspecified atom stereocenters. The zero-order chi connectivity index (χ0) is 21.7. The number of hydrogen-bond donors (Lipinski definition) is 1. The molecule has 0 radical (unpaired) electrons. The van der Waals surface area contributed by atoms with E-state index < -0.39 is 30.2 Å². The van der Waals surface area contributed by atoms with Crippen molar-refractivity contribution in [2.75, 3.05) is 18.5 Å². The van der Waals surface area contributed by atoms with Crippen LogP contribution in [0.25, 0.3) is 0 Å². The van der Waals surface area contributed by atoms with Gasteiger partial charge < -0.3 is 14.8 Å². The van der Waals surface area contributed by atoms with Gasteiger partial charge in [-0.2, -0.15) is 13.2 Å². The molecule has 0 spiro atoms. The van der Waals surface area contributed by atoms with Crippen LogP contribution >= 0.6 is 11.3 Å². The van der Waals surface area contributed by atoms with E-state index in [4.69, 9.17) is 9.47 Å². The van der Waals surface area contributed by atoms with E-state index in [1.54, 1.807) is 6.92 Å². The van der Waals surface area contributed by atoms with E-state index in [9.17, 15) is 22.8 Å². The van der Waals surface area contributed by atoms with Crippen molar-refractivity contribution in [1.29, 1.82) is 0 Å². The molecular formula is C21H22F3NO4S. The average molecular weight is 441 g/mol. The molecule has 1 heterocycles. The lowest BCUT2D eigenvalue weighted by Crippen LogP contribution is -2.21. The molecule has 9 heteroatoms. The minimum atomic E-state index is -4.50. The van der Waals surface area contributed by atoms with Gasteiger partial charge in [0, 0.05) is 4.88 Å². The van der Waals surface area contributed by atoms with Gasteiger partial charge in [0.15, 0.2) is 6.61 Å². The molecule has 0 saturated heterocycles. The number of esters is 1. The van der Waals surface area contributed by atoms with Crippen LogP contribution in [0.15, 0.2) is 24.3 Å². The predicted octanol–water partition coefficient (Wildman–Crippen LogP) is 5.23. The number of alkyl halides is 3. The van der Waals surface area contributed by atoms with Crippen molar-refractivity contribution in [2.45, 2.75) is 45.2 Å². The minimum absolute atomic E-state index is 0.0625. The fourth-order valence-corrected chi connectivity index (χ4v) is 4.62. The highest BCUT2D eigenvalue weighted by Crippen LogP contribution is 2.38. The second-order valence-corrected chi connectivity index (χ2v) is 7.96. The van der Waals surface area contributed by atoms with Gasteiger partial charge >= 0.3 is 12.1 Å². The van der Waals surface area contributed by atoms with Gasteiger partial charge in [0.1, 0.15) is 10.8 Å². The van der Waals surface area contributed by atoms with Crippen LogP contribution in [0.2, 0.25) is 0 Å². The molecule has 2 aromatic rings. The van der Waals surface area contributed by atoms with Crippen molar-refractivity contribution in [3.63, 3.8) is 0 Å². The van der Waals surface area contributed by atoms with E-state index in [0.717, 1.165) is 54.7 Å². The number of nitrogens with one attached hydrogen (secondary N) is 1. The predicted molar refractivity (Wildman–Crippen MR) is 107 cm³/mol. The Kier molecular flexibility index (Phi) is 7.02. The number of hydrogen-bond acceptors (Lipinski definition) is 5. The normalized spacial score (nSPS) is 13.9. The molecule has 1 N–H and O–H groups in total. The highest BCUT2D eigenvalue weighted by Gasteiger charge is 2.31. The lowest BCUT2D eigenvalue weighted by molar-refractivity contribution is -0.137. The van der Waals surface area contributed by atoms with E-state index in [-0.39, 0.29) is 12.4 Å². The first kappa shape index (κ1) is 22.1. The molecule has 0 aliphatic heterocycles. The molecule has 5 nitrogen and oxygen atoms in total. The number of halogens is 3. The third kappa shape index (κ3) is 5.33. The van der Waals surface area contributed by atoms with Crippen molar-refractivity contribution in [2.24, 2.45) is 0 Å². The molecule has 0 fully saturated rings. The van der Waals surface area contributed by atoms with Crippen molar-refractivity contribution in [3.8, 4) is 5.75 Å². The van der Waals surface area contributed by atoms with Crippen molar-refractivity contribution < 1.29 is 32.2 Å². The summed E-state index contributed by atoms with van der Waals surface area (Å²) in [6.45, 7) is 1.45. The molecule has 0 saturated carbocycles. The van der Waals surface area contributed by atoms with Gasteiger partial charge in [-0.3, -0.25) is 4.79 Å². The molecule has 3 rings (SSSR count). The van der Waals surface area contributed by atoms with E-state index in [2.05, 4.69) is 5.32 Å². The first-order chi connectivity index (χ1) is 14.3. The van der Waals surface area contributed by atoms with Gasteiger partial charge in [0.2, 0.25) is 0 Å². The van der Waals surface area contributed by atoms with Gasteiger partial charge in [-0.15, -0.1) is 11.3 Å². The summed E-state index contributed by atoms with van der Waals surface area (Å²) >= 11 is 1.35. The number of aryl methyl sites for hydroxylation is 1. The third-order valence-corrected chi connectivity index (χ3v) is 5.89. The quantitative estimate of drug-likeness (QED) is 0.493. The fraction of sp³-hybridized carbons (Fsp3) is 0.429. The van der Waals surface area contributed by atoms with Gasteiger partial charge in [-0.1, -0.05) is 12.5 Å². The number of rotatable bonds is 6. The van der Waals surface area contributed by atoms with Crippen molar-refractivity contribution >= 4 is 28.2 Å². The minimum Gasteiger partial charge on any atom is -0.484 e. The van der Waals surface area contributed by atoms with Crippen LogP contribution in [0.1, 0.15) is 52.5 Å². The fourth-order valence-electron chi connectivity index (χ4n) is 3.32. The number of carbonyl (C=O) groups is 2.